The molecular weight excluding hydrogens is 216 g/mol. The highest BCUT2D eigenvalue weighted by molar-refractivity contribution is 6.32. The van der Waals surface area contributed by atoms with E-state index in [1.807, 2.05) is 0 Å². The Morgan fingerprint density at radius 1 is 1.53 bits per heavy atom. The molecule has 1 aromatic carbocycles. The molecule has 0 aliphatic carbocycles. The second-order valence-corrected chi connectivity index (χ2v) is 3.51. The number of carbonyl (C=O) groups is 1. The zero-order valence-corrected chi connectivity index (χ0v) is 9.25. The summed E-state index contributed by atoms with van der Waals surface area (Å²) in [6, 6.07) is 5.04. The number of ether oxygens (including phenoxy) is 1. The first kappa shape index (κ1) is 12.0. The number of benzene rings is 1. The summed E-state index contributed by atoms with van der Waals surface area (Å²) < 4.78 is 5.36. The van der Waals surface area contributed by atoms with Crippen LogP contribution in [0, 0.1) is 0 Å². The van der Waals surface area contributed by atoms with Gasteiger partial charge in [0.2, 0.25) is 0 Å². The molecule has 0 spiro atoms. The predicted octanol–water partition coefficient (Wildman–Crippen LogP) is 2.30. The molecule has 1 N–H and O–H groups in total. The van der Waals surface area contributed by atoms with E-state index in [1.165, 1.54) is 6.92 Å². The summed E-state index contributed by atoms with van der Waals surface area (Å²) in [6.07, 6.45) is 0.516. The Labute approximate surface area is 93.6 Å². The van der Waals surface area contributed by atoms with E-state index in [0.717, 1.165) is 0 Å². The molecule has 4 heteroatoms. The maximum atomic E-state index is 11.3. The van der Waals surface area contributed by atoms with E-state index in [2.05, 4.69) is 0 Å². The van der Waals surface area contributed by atoms with Crippen molar-refractivity contribution in [1.82, 2.24) is 0 Å². The Balaban J connectivity index is 2.87. The molecule has 0 aliphatic rings. The Morgan fingerprint density at radius 3 is 2.87 bits per heavy atom. The van der Waals surface area contributed by atoms with Crippen LogP contribution in [0.15, 0.2) is 18.2 Å². The van der Waals surface area contributed by atoms with E-state index in [-0.39, 0.29) is 12.4 Å². The summed E-state index contributed by atoms with van der Waals surface area (Å²) in [4.78, 5) is 11.3. The van der Waals surface area contributed by atoms with Crippen LogP contribution >= 0.6 is 11.6 Å². The van der Waals surface area contributed by atoms with Gasteiger partial charge in [0.25, 0.3) is 0 Å². The first-order valence-corrected chi connectivity index (χ1v) is 5.07. The number of para-hydroxylation sites is 1. The molecule has 15 heavy (non-hydrogen) atoms. The molecule has 3 nitrogen and oxygen atoms in total. The van der Waals surface area contributed by atoms with Crippen molar-refractivity contribution in [3.8, 4) is 5.75 Å². The van der Waals surface area contributed by atoms with Crippen LogP contribution in [0.1, 0.15) is 23.7 Å². The topological polar surface area (TPSA) is 46.5 Å². The van der Waals surface area contributed by atoms with Gasteiger partial charge in [0.05, 0.1) is 17.2 Å². The molecule has 0 amide bonds. The number of aliphatic hydroxyl groups excluding tert-OH is 1. The lowest BCUT2D eigenvalue weighted by Gasteiger charge is -2.10. The van der Waals surface area contributed by atoms with Gasteiger partial charge in [-0.3, -0.25) is 4.79 Å². The third kappa shape index (κ3) is 3.22. The second-order valence-electron chi connectivity index (χ2n) is 3.10. The van der Waals surface area contributed by atoms with Crippen molar-refractivity contribution < 1.29 is 14.6 Å². The number of carbonyl (C=O) groups excluding carboxylic acids is 1. The monoisotopic (exact) mass is 228 g/mol. The molecular formula is C11H13ClO3. The van der Waals surface area contributed by atoms with Crippen LogP contribution in [0.4, 0.5) is 0 Å². The molecule has 82 valence electrons. The van der Waals surface area contributed by atoms with Crippen LogP contribution in [0.5, 0.6) is 5.75 Å². The van der Waals surface area contributed by atoms with Crippen molar-refractivity contribution in [3.05, 3.63) is 28.8 Å². The number of aliphatic hydroxyl groups is 1. The SMILES string of the molecule is CC(=O)c1cccc(Cl)c1OCCCO. The lowest BCUT2D eigenvalue weighted by atomic mass is 10.1. The minimum Gasteiger partial charge on any atom is -0.491 e. The quantitative estimate of drug-likeness (QED) is 0.621. The zero-order chi connectivity index (χ0) is 11.3. The molecule has 0 atom stereocenters. The van der Waals surface area contributed by atoms with Gasteiger partial charge in [-0.2, -0.15) is 0 Å². The highest BCUT2D eigenvalue weighted by Crippen LogP contribution is 2.28. The maximum absolute atomic E-state index is 11.3. The molecule has 0 fully saturated rings. The van der Waals surface area contributed by atoms with Crippen molar-refractivity contribution in [2.75, 3.05) is 13.2 Å². The van der Waals surface area contributed by atoms with Crippen LogP contribution in [0.3, 0.4) is 0 Å². The number of Topliss-reactive ketones (excluding diaryl/α,β-unsaturated/α-hetero) is 1. The van der Waals surface area contributed by atoms with Gasteiger partial charge < -0.3 is 9.84 Å². The van der Waals surface area contributed by atoms with E-state index < -0.39 is 0 Å². The normalized spacial score (nSPS) is 10.1. The molecule has 1 aromatic rings. The Hall–Kier alpha value is -1.06. The summed E-state index contributed by atoms with van der Waals surface area (Å²) in [5, 5.41) is 9.03. The first-order valence-electron chi connectivity index (χ1n) is 4.70. The fourth-order valence-electron chi connectivity index (χ4n) is 1.17. The van der Waals surface area contributed by atoms with E-state index >= 15 is 0 Å². The predicted molar refractivity (Wildman–Crippen MR) is 58.7 cm³/mol. The summed E-state index contributed by atoms with van der Waals surface area (Å²) >= 11 is 5.91. The standard InChI is InChI=1S/C11H13ClO3/c1-8(14)9-4-2-5-10(12)11(9)15-7-3-6-13/h2,4-5,13H,3,6-7H2,1H3. The largest absolute Gasteiger partial charge is 0.491 e. The van der Waals surface area contributed by atoms with Crippen LogP contribution in [-0.4, -0.2) is 24.1 Å². The second kappa shape index (κ2) is 5.73. The van der Waals surface area contributed by atoms with E-state index in [9.17, 15) is 4.79 Å². The van der Waals surface area contributed by atoms with Crippen molar-refractivity contribution in [3.63, 3.8) is 0 Å². The van der Waals surface area contributed by atoms with Crippen LogP contribution < -0.4 is 4.74 Å². The van der Waals surface area contributed by atoms with Crippen molar-refractivity contribution in [1.29, 1.82) is 0 Å². The molecule has 0 saturated heterocycles. The van der Waals surface area contributed by atoms with Crippen molar-refractivity contribution in [2.45, 2.75) is 13.3 Å². The van der Waals surface area contributed by atoms with E-state index in [4.69, 9.17) is 21.4 Å². The average Bonchev–Trinajstić information content (AvgIpc) is 2.20. The molecule has 0 unspecified atom stereocenters. The average molecular weight is 229 g/mol. The van der Waals surface area contributed by atoms with Crippen LogP contribution in [0.2, 0.25) is 5.02 Å². The van der Waals surface area contributed by atoms with E-state index in [1.54, 1.807) is 18.2 Å². The summed E-state index contributed by atoms with van der Waals surface area (Å²) in [7, 11) is 0. The van der Waals surface area contributed by atoms with Gasteiger partial charge >= 0.3 is 0 Å². The number of halogens is 1. The lowest BCUT2D eigenvalue weighted by molar-refractivity contribution is 0.101. The first-order chi connectivity index (χ1) is 7.16. The number of ketones is 1. The van der Waals surface area contributed by atoms with Gasteiger partial charge in [0.1, 0.15) is 5.75 Å². The molecule has 0 aromatic heterocycles. The van der Waals surface area contributed by atoms with Gasteiger partial charge in [-0.15, -0.1) is 0 Å². The molecule has 0 radical (unpaired) electrons. The van der Waals surface area contributed by atoms with Gasteiger partial charge in [-0.1, -0.05) is 17.7 Å². The summed E-state index contributed by atoms with van der Waals surface area (Å²) in [5.74, 6) is 0.316. The van der Waals surface area contributed by atoms with Gasteiger partial charge in [-0.25, -0.2) is 0 Å². The third-order valence-electron chi connectivity index (χ3n) is 1.90. The smallest absolute Gasteiger partial charge is 0.163 e. The summed E-state index contributed by atoms with van der Waals surface area (Å²) in [6.45, 7) is 1.87. The number of hydrogen-bond acceptors (Lipinski definition) is 3. The third-order valence-corrected chi connectivity index (χ3v) is 2.19. The van der Waals surface area contributed by atoms with Crippen LogP contribution in [0.25, 0.3) is 0 Å². The fourth-order valence-corrected chi connectivity index (χ4v) is 1.40. The lowest BCUT2D eigenvalue weighted by Crippen LogP contribution is -2.04. The molecule has 0 bridgehead atoms. The highest BCUT2D eigenvalue weighted by Gasteiger charge is 2.11. The number of hydrogen-bond donors (Lipinski definition) is 1. The molecule has 0 heterocycles. The van der Waals surface area contributed by atoms with Crippen LogP contribution in [-0.2, 0) is 0 Å². The minimum atomic E-state index is -0.0866. The van der Waals surface area contributed by atoms with Gasteiger partial charge in [-0.05, 0) is 19.1 Å². The van der Waals surface area contributed by atoms with Crippen molar-refractivity contribution in [2.24, 2.45) is 0 Å². The summed E-state index contributed by atoms with van der Waals surface area (Å²) in [5.41, 5.74) is 0.473. The van der Waals surface area contributed by atoms with Gasteiger partial charge in [0.15, 0.2) is 5.78 Å². The Kier molecular flexibility index (Phi) is 4.59. The number of rotatable bonds is 5. The fraction of sp³-hybridized carbons (Fsp3) is 0.364. The van der Waals surface area contributed by atoms with Gasteiger partial charge in [0, 0.05) is 13.0 Å². The molecule has 1 rings (SSSR count). The molecule has 0 saturated carbocycles. The Morgan fingerprint density at radius 2 is 2.27 bits per heavy atom. The highest BCUT2D eigenvalue weighted by atomic mass is 35.5. The molecule has 0 aliphatic heterocycles. The zero-order valence-electron chi connectivity index (χ0n) is 8.50. The Bertz CT molecular complexity index is 350. The minimum absolute atomic E-state index is 0.0554. The van der Waals surface area contributed by atoms with E-state index in [0.29, 0.717) is 29.4 Å². The van der Waals surface area contributed by atoms with Crippen molar-refractivity contribution >= 4 is 17.4 Å². The maximum Gasteiger partial charge on any atom is 0.163 e.